The van der Waals surface area contributed by atoms with Crippen molar-refractivity contribution in [2.75, 3.05) is 13.6 Å². The number of likely N-dealkylation sites (tertiary alicyclic amines) is 1. The predicted molar refractivity (Wildman–Crippen MR) is 50.3 cm³/mol. The lowest BCUT2D eigenvalue weighted by molar-refractivity contribution is 0.180. The van der Waals surface area contributed by atoms with Gasteiger partial charge in [-0.1, -0.05) is 6.42 Å². The highest BCUT2D eigenvalue weighted by Crippen LogP contribution is 2.26. The van der Waals surface area contributed by atoms with Crippen molar-refractivity contribution in [2.45, 2.75) is 32.2 Å². The molecule has 0 amide bonds. The van der Waals surface area contributed by atoms with Crippen LogP contribution in [0.4, 0.5) is 0 Å². The summed E-state index contributed by atoms with van der Waals surface area (Å²) >= 11 is 0. The van der Waals surface area contributed by atoms with Gasteiger partial charge in [0.2, 0.25) is 0 Å². The number of aryl methyl sites for hydroxylation is 1. The van der Waals surface area contributed by atoms with Crippen LogP contribution in [0.1, 0.15) is 37.0 Å². The van der Waals surface area contributed by atoms with E-state index in [4.69, 9.17) is 0 Å². The van der Waals surface area contributed by atoms with Gasteiger partial charge >= 0.3 is 0 Å². The van der Waals surface area contributed by atoms with Crippen LogP contribution < -0.4 is 0 Å². The Labute approximate surface area is 78.4 Å². The van der Waals surface area contributed by atoms with Crippen LogP contribution in [0.15, 0.2) is 0 Å². The van der Waals surface area contributed by atoms with Gasteiger partial charge in [-0.15, -0.1) is 0 Å². The van der Waals surface area contributed by atoms with E-state index in [9.17, 15) is 0 Å². The second kappa shape index (κ2) is 3.46. The Kier molecular flexibility index (Phi) is 2.31. The number of hydrogen-bond donors (Lipinski definition) is 1. The van der Waals surface area contributed by atoms with E-state index in [0.29, 0.717) is 6.04 Å². The monoisotopic (exact) mass is 180 g/mol. The van der Waals surface area contributed by atoms with Crippen molar-refractivity contribution in [1.82, 2.24) is 20.1 Å². The molecule has 0 saturated carbocycles. The van der Waals surface area contributed by atoms with Crippen molar-refractivity contribution in [1.29, 1.82) is 0 Å². The summed E-state index contributed by atoms with van der Waals surface area (Å²) in [5, 5.41) is 7.11. The molecule has 1 aromatic rings. The number of nitrogens with zero attached hydrogens (tertiary/aromatic N) is 3. The quantitative estimate of drug-likeness (QED) is 0.708. The van der Waals surface area contributed by atoms with Crippen LogP contribution in [0.2, 0.25) is 0 Å². The molecule has 0 spiro atoms. The number of rotatable bonds is 1. The molecule has 1 aliphatic heterocycles. The fourth-order valence-corrected chi connectivity index (χ4v) is 1.91. The third-order valence-electron chi connectivity index (χ3n) is 2.68. The largest absolute Gasteiger partial charge is 0.296 e. The second-order valence-electron chi connectivity index (χ2n) is 3.77. The average molecular weight is 180 g/mol. The van der Waals surface area contributed by atoms with Gasteiger partial charge < -0.3 is 0 Å². The SMILES string of the molecule is Cc1nc([C@H]2CCCCN2C)n[nH]1. The van der Waals surface area contributed by atoms with Crippen LogP contribution in [-0.2, 0) is 0 Å². The molecule has 0 radical (unpaired) electrons. The molecule has 0 unspecified atom stereocenters. The van der Waals surface area contributed by atoms with E-state index in [1.54, 1.807) is 0 Å². The molecule has 4 nitrogen and oxygen atoms in total. The number of aromatic nitrogens is 3. The lowest BCUT2D eigenvalue weighted by Crippen LogP contribution is -2.30. The molecule has 72 valence electrons. The Morgan fingerprint density at radius 1 is 1.46 bits per heavy atom. The number of piperidine rings is 1. The highest BCUT2D eigenvalue weighted by molar-refractivity contribution is 4.97. The van der Waals surface area contributed by atoms with E-state index in [2.05, 4.69) is 27.1 Å². The van der Waals surface area contributed by atoms with Crippen LogP contribution in [-0.4, -0.2) is 33.7 Å². The van der Waals surface area contributed by atoms with Crippen molar-refractivity contribution in [3.05, 3.63) is 11.6 Å². The first kappa shape index (κ1) is 8.69. The zero-order chi connectivity index (χ0) is 9.26. The maximum absolute atomic E-state index is 4.38. The Hall–Kier alpha value is -0.900. The van der Waals surface area contributed by atoms with Gasteiger partial charge in [0, 0.05) is 0 Å². The van der Waals surface area contributed by atoms with Gasteiger partial charge in [-0.05, 0) is 33.4 Å². The summed E-state index contributed by atoms with van der Waals surface area (Å²) in [4.78, 5) is 6.72. The zero-order valence-electron chi connectivity index (χ0n) is 8.25. The fourth-order valence-electron chi connectivity index (χ4n) is 1.91. The van der Waals surface area contributed by atoms with Crippen LogP contribution in [0.3, 0.4) is 0 Å². The van der Waals surface area contributed by atoms with Crippen molar-refractivity contribution in [3.8, 4) is 0 Å². The Bertz CT molecular complexity index is 281. The molecular weight excluding hydrogens is 164 g/mol. The maximum atomic E-state index is 4.38. The third kappa shape index (κ3) is 1.72. The van der Waals surface area contributed by atoms with E-state index in [0.717, 1.165) is 18.2 Å². The summed E-state index contributed by atoms with van der Waals surface area (Å²) in [7, 11) is 2.15. The van der Waals surface area contributed by atoms with Crippen LogP contribution in [0.5, 0.6) is 0 Å². The van der Waals surface area contributed by atoms with Crippen LogP contribution >= 0.6 is 0 Å². The summed E-state index contributed by atoms with van der Waals surface area (Å²) < 4.78 is 0. The summed E-state index contributed by atoms with van der Waals surface area (Å²) in [5.41, 5.74) is 0. The first-order chi connectivity index (χ1) is 6.27. The molecular formula is C9H16N4. The number of H-pyrrole nitrogens is 1. The molecule has 2 rings (SSSR count). The molecule has 13 heavy (non-hydrogen) atoms. The van der Waals surface area contributed by atoms with Gasteiger partial charge in [-0.2, -0.15) is 5.10 Å². The zero-order valence-corrected chi connectivity index (χ0v) is 8.25. The molecule has 2 heterocycles. The van der Waals surface area contributed by atoms with Crippen molar-refractivity contribution in [3.63, 3.8) is 0 Å². The van der Waals surface area contributed by atoms with E-state index in [1.807, 2.05) is 6.92 Å². The molecule has 0 aliphatic carbocycles. The van der Waals surface area contributed by atoms with E-state index < -0.39 is 0 Å². The van der Waals surface area contributed by atoms with Gasteiger partial charge in [0.05, 0.1) is 6.04 Å². The molecule has 1 fully saturated rings. The highest BCUT2D eigenvalue weighted by atomic mass is 15.3. The summed E-state index contributed by atoms with van der Waals surface area (Å²) in [6, 6.07) is 0.429. The van der Waals surface area contributed by atoms with Crippen molar-refractivity contribution >= 4 is 0 Å². The lowest BCUT2D eigenvalue weighted by atomic mass is 10.0. The molecule has 0 aromatic carbocycles. The average Bonchev–Trinajstić information content (AvgIpc) is 2.53. The number of aromatic amines is 1. The smallest absolute Gasteiger partial charge is 0.167 e. The topological polar surface area (TPSA) is 44.8 Å². The molecule has 1 aromatic heterocycles. The summed E-state index contributed by atoms with van der Waals surface area (Å²) in [5.74, 6) is 1.87. The van der Waals surface area contributed by atoms with Crippen LogP contribution in [0.25, 0.3) is 0 Å². The Morgan fingerprint density at radius 3 is 2.92 bits per heavy atom. The van der Waals surface area contributed by atoms with Gasteiger partial charge in [-0.3, -0.25) is 10.00 Å². The molecule has 4 heteroatoms. The first-order valence-corrected chi connectivity index (χ1v) is 4.86. The van der Waals surface area contributed by atoms with E-state index in [1.165, 1.54) is 19.3 Å². The second-order valence-corrected chi connectivity index (χ2v) is 3.77. The van der Waals surface area contributed by atoms with E-state index >= 15 is 0 Å². The number of nitrogens with one attached hydrogen (secondary N) is 1. The van der Waals surface area contributed by atoms with Gasteiger partial charge in [0.25, 0.3) is 0 Å². The Morgan fingerprint density at radius 2 is 2.31 bits per heavy atom. The molecule has 1 saturated heterocycles. The van der Waals surface area contributed by atoms with Gasteiger partial charge in [-0.25, -0.2) is 4.98 Å². The Balaban J connectivity index is 2.14. The molecule has 1 atom stereocenters. The maximum Gasteiger partial charge on any atom is 0.167 e. The lowest BCUT2D eigenvalue weighted by Gasteiger charge is -2.30. The summed E-state index contributed by atoms with van der Waals surface area (Å²) in [6.45, 7) is 3.11. The van der Waals surface area contributed by atoms with Crippen molar-refractivity contribution in [2.24, 2.45) is 0 Å². The molecule has 0 bridgehead atoms. The minimum absolute atomic E-state index is 0.429. The van der Waals surface area contributed by atoms with Crippen LogP contribution in [0, 0.1) is 6.92 Å². The van der Waals surface area contributed by atoms with Gasteiger partial charge in [0.15, 0.2) is 5.82 Å². The minimum Gasteiger partial charge on any atom is -0.296 e. The first-order valence-electron chi connectivity index (χ1n) is 4.86. The standard InChI is InChI=1S/C9H16N4/c1-7-10-9(12-11-7)8-5-3-4-6-13(8)2/h8H,3-6H2,1-2H3,(H,10,11,12)/t8-/m1/s1. The predicted octanol–water partition coefficient (Wildman–Crippen LogP) is 1.27. The molecule has 1 aliphatic rings. The van der Waals surface area contributed by atoms with E-state index in [-0.39, 0.29) is 0 Å². The minimum atomic E-state index is 0.429. The normalized spacial score (nSPS) is 24.9. The highest BCUT2D eigenvalue weighted by Gasteiger charge is 2.23. The fraction of sp³-hybridized carbons (Fsp3) is 0.778. The van der Waals surface area contributed by atoms with Gasteiger partial charge in [0.1, 0.15) is 5.82 Å². The van der Waals surface area contributed by atoms with Crippen molar-refractivity contribution < 1.29 is 0 Å². The number of hydrogen-bond acceptors (Lipinski definition) is 3. The third-order valence-corrected chi connectivity index (χ3v) is 2.68. The summed E-state index contributed by atoms with van der Waals surface area (Å²) in [6.07, 6.45) is 3.78. The molecule has 1 N–H and O–H groups in total.